The number of carbonyl (C=O) groups is 1. The highest BCUT2D eigenvalue weighted by Crippen LogP contribution is 2.28. The predicted octanol–water partition coefficient (Wildman–Crippen LogP) is 5.46. The number of rotatable bonds is 5. The van der Waals surface area contributed by atoms with Crippen molar-refractivity contribution >= 4 is 63.4 Å². The van der Waals surface area contributed by atoms with Gasteiger partial charge in [-0.25, -0.2) is 0 Å². The zero-order valence-corrected chi connectivity index (χ0v) is 18.1. The van der Waals surface area contributed by atoms with Crippen molar-refractivity contribution in [1.82, 2.24) is 14.8 Å². The molecule has 7 heteroatoms. The molecule has 1 fully saturated rings. The molecule has 29 heavy (non-hydrogen) atoms. The third-order valence-electron chi connectivity index (χ3n) is 4.88. The van der Waals surface area contributed by atoms with Crippen LogP contribution in [0, 0.1) is 0 Å². The van der Waals surface area contributed by atoms with E-state index in [1.54, 1.807) is 11.0 Å². The van der Waals surface area contributed by atoms with Crippen molar-refractivity contribution < 1.29 is 4.79 Å². The fourth-order valence-corrected chi connectivity index (χ4v) is 4.26. The molecule has 0 bridgehead atoms. The Hall–Kier alpha value is -2.34. The van der Waals surface area contributed by atoms with Gasteiger partial charge in [0, 0.05) is 45.8 Å². The fourth-order valence-electron chi connectivity index (χ4n) is 3.51. The van der Waals surface area contributed by atoms with Gasteiger partial charge >= 0.3 is 0 Å². The number of benzene rings is 2. The molecule has 1 N–H and O–H groups in total. The summed E-state index contributed by atoms with van der Waals surface area (Å²) < 4.78 is 2.12. The largest absolute Gasteiger partial charge is 0.342 e. The molecule has 3 aromatic rings. The molecule has 4 nitrogen and oxygen atoms in total. The first-order valence-electron chi connectivity index (χ1n) is 9.34. The van der Waals surface area contributed by atoms with Crippen molar-refractivity contribution in [3.8, 4) is 0 Å². The van der Waals surface area contributed by atoms with Crippen LogP contribution < -0.4 is 5.32 Å². The molecule has 0 spiro atoms. The van der Waals surface area contributed by atoms with Crippen LogP contribution in [0.1, 0.15) is 24.5 Å². The number of hydrogen-bond donors (Lipinski definition) is 1. The molecule has 1 aromatic heterocycles. The van der Waals surface area contributed by atoms with E-state index in [0.717, 1.165) is 28.5 Å². The molecule has 1 aliphatic rings. The van der Waals surface area contributed by atoms with Gasteiger partial charge in [0.1, 0.15) is 5.70 Å². The van der Waals surface area contributed by atoms with Gasteiger partial charge in [0.25, 0.3) is 5.91 Å². The summed E-state index contributed by atoms with van der Waals surface area (Å²) in [5.74, 6) is -0.0885. The van der Waals surface area contributed by atoms with E-state index in [4.69, 9.17) is 35.4 Å². The van der Waals surface area contributed by atoms with E-state index in [1.165, 1.54) is 0 Å². The standard InChI is InChI=1S/C22H19Cl2N3OS/c1-2-9-27-21(28)19(25-22(27)29)10-15-13-26(20-6-4-3-5-17(15)20)12-14-7-8-16(23)11-18(14)24/h3-8,10-11,13H,2,9,12H2,1H3,(H,25,29)/b19-10-. The summed E-state index contributed by atoms with van der Waals surface area (Å²) in [5, 5.41) is 5.80. The fraction of sp³-hybridized carbons (Fsp3) is 0.182. The first-order chi connectivity index (χ1) is 14.0. The second-order valence-corrected chi connectivity index (χ2v) is 8.14. The van der Waals surface area contributed by atoms with Crippen LogP contribution in [0.3, 0.4) is 0 Å². The molecule has 0 aliphatic carbocycles. The number of para-hydroxylation sites is 1. The lowest BCUT2D eigenvalue weighted by Gasteiger charge is -2.11. The number of halogens is 2. The molecule has 2 aromatic carbocycles. The first-order valence-corrected chi connectivity index (χ1v) is 10.5. The number of aromatic nitrogens is 1. The van der Waals surface area contributed by atoms with Gasteiger partial charge in [0.2, 0.25) is 0 Å². The number of carbonyl (C=O) groups excluding carboxylic acids is 1. The molecule has 0 saturated carbocycles. The highest BCUT2D eigenvalue weighted by Gasteiger charge is 2.30. The van der Waals surface area contributed by atoms with Gasteiger partial charge in [0.15, 0.2) is 5.11 Å². The highest BCUT2D eigenvalue weighted by atomic mass is 35.5. The number of nitrogens with zero attached hydrogens (tertiary/aromatic N) is 2. The monoisotopic (exact) mass is 443 g/mol. The van der Waals surface area contributed by atoms with E-state index < -0.39 is 0 Å². The summed E-state index contributed by atoms with van der Waals surface area (Å²) in [5.41, 5.74) is 3.48. The molecule has 1 saturated heterocycles. The van der Waals surface area contributed by atoms with Gasteiger partial charge < -0.3 is 9.88 Å². The van der Waals surface area contributed by atoms with E-state index in [-0.39, 0.29) is 5.91 Å². The Kier molecular flexibility index (Phi) is 5.63. The van der Waals surface area contributed by atoms with Gasteiger partial charge in [-0.05, 0) is 48.5 Å². The lowest BCUT2D eigenvalue weighted by molar-refractivity contribution is -0.122. The van der Waals surface area contributed by atoms with Crippen LogP contribution in [-0.4, -0.2) is 27.0 Å². The van der Waals surface area contributed by atoms with E-state index in [1.807, 2.05) is 49.5 Å². The summed E-state index contributed by atoms with van der Waals surface area (Å²) >= 11 is 17.7. The van der Waals surface area contributed by atoms with Crippen LogP contribution >= 0.6 is 35.4 Å². The van der Waals surface area contributed by atoms with Gasteiger partial charge in [-0.2, -0.15) is 0 Å². The third-order valence-corrected chi connectivity index (χ3v) is 5.79. The van der Waals surface area contributed by atoms with E-state index >= 15 is 0 Å². The van der Waals surface area contributed by atoms with Crippen molar-refractivity contribution in [3.63, 3.8) is 0 Å². The van der Waals surface area contributed by atoms with Crippen molar-refractivity contribution in [2.24, 2.45) is 0 Å². The first kappa shape index (κ1) is 20.0. The SMILES string of the molecule is CCCN1C(=O)/C(=C/c2cn(Cc3ccc(Cl)cc3Cl)c3ccccc23)NC1=S. The van der Waals surface area contributed by atoms with Gasteiger partial charge in [0.05, 0.1) is 0 Å². The van der Waals surface area contributed by atoms with Gasteiger partial charge in [-0.3, -0.25) is 9.69 Å². The molecule has 148 valence electrons. The van der Waals surface area contributed by atoms with Gasteiger partial charge in [-0.1, -0.05) is 54.4 Å². The molecule has 0 radical (unpaired) electrons. The van der Waals surface area contributed by atoms with Gasteiger partial charge in [-0.15, -0.1) is 0 Å². The summed E-state index contributed by atoms with van der Waals surface area (Å²) in [7, 11) is 0. The Morgan fingerprint density at radius 1 is 1.17 bits per heavy atom. The zero-order chi connectivity index (χ0) is 20.5. The molecular weight excluding hydrogens is 425 g/mol. The smallest absolute Gasteiger partial charge is 0.276 e. The quantitative estimate of drug-likeness (QED) is 0.419. The van der Waals surface area contributed by atoms with Crippen molar-refractivity contribution in [3.05, 3.63) is 75.5 Å². The lowest BCUT2D eigenvalue weighted by Crippen LogP contribution is -2.31. The molecule has 2 heterocycles. The predicted molar refractivity (Wildman–Crippen MR) is 123 cm³/mol. The number of amides is 1. The molecule has 0 unspecified atom stereocenters. The molecule has 1 amide bonds. The number of fused-ring (bicyclic) bond motifs is 1. The lowest BCUT2D eigenvalue weighted by atomic mass is 10.1. The highest BCUT2D eigenvalue weighted by molar-refractivity contribution is 7.80. The van der Waals surface area contributed by atoms with Crippen LogP contribution in [0.5, 0.6) is 0 Å². The average Bonchev–Trinajstić information content (AvgIpc) is 3.17. The summed E-state index contributed by atoms with van der Waals surface area (Å²) in [6.45, 7) is 3.23. The van der Waals surface area contributed by atoms with E-state index in [2.05, 4.69) is 16.0 Å². The minimum atomic E-state index is -0.0885. The van der Waals surface area contributed by atoms with Crippen LogP contribution in [0.4, 0.5) is 0 Å². The number of nitrogens with one attached hydrogen (secondary N) is 1. The minimum Gasteiger partial charge on any atom is -0.342 e. The van der Waals surface area contributed by atoms with Crippen LogP contribution in [0.2, 0.25) is 10.0 Å². The molecule has 4 rings (SSSR count). The number of hydrogen-bond acceptors (Lipinski definition) is 2. The van der Waals surface area contributed by atoms with Crippen LogP contribution in [0.15, 0.2) is 54.4 Å². The van der Waals surface area contributed by atoms with Crippen LogP contribution in [-0.2, 0) is 11.3 Å². The summed E-state index contributed by atoms with van der Waals surface area (Å²) in [6, 6.07) is 13.6. The Morgan fingerprint density at radius 3 is 2.72 bits per heavy atom. The second-order valence-electron chi connectivity index (χ2n) is 6.91. The van der Waals surface area contributed by atoms with E-state index in [0.29, 0.717) is 33.9 Å². The van der Waals surface area contributed by atoms with E-state index in [9.17, 15) is 4.79 Å². The van der Waals surface area contributed by atoms with Crippen LogP contribution in [0.25, 0.3) is 17.0 Å². The molecular formula is C22H19Cl2N3OS. The Bertz CT molecular complexity index is 1150. The topological polar surface area (TPSA) is 37.3 Å². The van der Waals surface area contributed by atoms with Crippen molar-refractivity contribution in [1.29, 1.82) is 0 Å². The van der Waals surface area contributed by atoms with Crippen molar-refractivity contribution in [2.45, 2.75) is 19.9 Å². The summed E-state index contributed by atoms with van der Waals surface area (Å²) in [4.78, 5) is 14.3. The number of thiocarbonyl (C=S) groups is 1. The van der Waals surface area contributed by atoms with Crippen molar-refractivity contribution in [2.75, 3.05) is 6.54 Å². The average molecular weight is 444 g/mol. The zero-order valence-electron chi connectivity index (χ0n) is 15.8. The molecule has 0 atom stereocenters. The Morgan fingerprint density at radius 2 is 1.97 bits per heavy atom. The third kappa shape index (κ3) is 3.90. The minimum absolute atomic E-state index is 0.0885. The molecule has 1 aliphatic heterocycles. The normalized spacial score (nSPS) is 15.6. The second kappa shape index (κ2) is 8.19. The maximum atomic E-state index is 12.7. The maximum Gasteiger partial charge on any atom is 0.276 e. The summed E-state index contributed by atoms with van der Waals surface area (Å²) in [6.07, 6.45) is 4.75. The Labute approximate surface area is 184 Å². The Balaban J connectivity index is 1.73. The maximum absolute atomic E-state index is 12.7.